The van der Waals surface area contributed by atoms with Crippen LogP contribution in [0.5, 0.6) is 0 Å². The Morgan fingerprint density at radius 2 is 1.90 bits per heavy atom. The van der Waals surface area contributed by atoms with Crippen LogP contribution in [0.25, 0.3) is 0 Å². The summed E-state index contributed by atoms with van der Waals surface area (Å²) in [6.45, 7) is 1.59. The van der Waals surface area contributed by atoms with Gasteiger partial charge in [0.25, 0.3) is 5.91 Å². The average Bonchev–Trinajstić information content (AvgIpc) is 2.50. The van der Waals surface area contributed by atoms with Gasteiger partial charge in [-0.1, -0.05) is 25.5 Å². The molecule has 0 unspecified atom stereocenters. The highest BCUT2D eigenvalue weighted by molar-refractivity contribution is 6.01. The minimum Gasteiger partial charge on any atom is -0.465 e. The molecule has 0 saturated heterocycles. The van der Waals surface area contributed by atoms with Gasteiger partial charge in [-0.2, -0.15) is 0 Å². The van der Waals surface area contributed by atoms with Crippen LogP contribution in [0, 0.1) is 0 Å². The molecule has 0 radical (unpaired) electrons. The van der Waals surface area contributed by atoms with Crippen molar-refractivity contribution in [3.05, 3.63) is 29.8 Å². The van der Waals surface area contributed by atoms with Crippen molar-refractivity contribution in [2.24, 2.45) is 0 Å². The molecule has 0 atom stereocenters. The second kappa shape index (κ2) is 8.73. The molecule has 0 aliphatic rings. The van der Waals surface area contributed by atoms with Crippen LogP contribution in [-0.4, -0.2) is 31.6 Å². The molecule has 1 rings (SSSR count). The van der Waals surface area contributed by atoms with Crippen LogP contribution in [0.15, 0.2) is 24.3 Å². The molecule has 0 aliphatic heterocycles. The summed E-state index contributed by atoms with van der Waals surface area (Å²) in [5.74, 6) is -1.46. The molecular weight excluding hydrogens is 274 g/mol. The zero-order valence-electron chi connectivity index (χ0n) is 12.2. The Kier molecular flexibility index (Phi) is 6.94. The molecule has 0 aromatic heterocycles. The molecule has 0 heterocycles. The van der Waals surface area contributed by atoms with Gasteiger partial charge in [-0.25, -0.2) is 4.79 Å². The zero-order chi connectivity index (χ0) is 15.7. The number of carbonyl (C=O) groups is 3. The lowest BCUT2D eigenvalue weighted by atomic mass is 10.2. The van der Waals surface area contributed by atoms with Gasteiger partial charge in [-0.3, -0.25) is 9.59 Å². The number of methoxy groups -OCH3 is 1. The maximum atomic E-state index is 11.7. The van der Waals surface area contributed by atoms with E-state index in [2.05, 4.69) is 10.1 Å². The Balaban J connectivity index is 2.55. The summed E-state index contributed by atoms with van der Waals surface area (Å²) < 4.78 is 9.46. The molecule has 0 fully saturated rings. The standard InChI is InChI=1S/C15H19NO5/c1-3-4-9-14(18)21-10-13(17)16-12-8-6-5-7-11(12)15(19)20-2/h5-8H,3-4,9-10H2,1-2H3,(H,16,17). The van der Waals surface area contributed by atoms with Crippen molar-refractivity contribution in [3.8, 4) is 0 Å². The molecule has 21 heavy (non-hydrogen) atoms. The number of nitrogens with one attached hydrogen (secondary N) is 1. The predicted molar refractivity (Wildman–Crippen MR) is 76.9 cm³/mol. The van der Waals surface area contributed by atoms with Crippen molar-refractivity contribution >= 4 is 23.5 Å². The molecule has 1 amide bonds. The molecule has 0 bridgehead atoms. The van der Waals surface area contributed by atoms with Gasteiger partial charge in [0.2, 0.25) is 0 Å². The number of hydrogen-bond acceptors (Lipinski definition) is 5. The molecule has 0 aliphatic carbocycles. The number of ether oxygens (including phenoxy) is 2. The maximum Gasteiger partial charge on any atom is 0.339 e. The van der Waals surface area contributed by atoms with Gasteiger partial charge < -0.3 is 14.8 Å². The lowest BCUT2D eigenvalue weighted by Crippen LogP contribution is -2.22. The van der Waals surface area contributed by atoms with Crippen LogP contribution in [0.2, 0.25) is 0 Å². The Hall–Kier alpha value is -2.37. The van der Waals surface area contributed by atoms with Gasteiger partial charge in [-0.05, 0) is 18.6 Å². The first kappa shape index (κ1) is 16.7. The van der Waals surface area contributed by atoms with Gasteiger partial charge in [0.15, 0.2) is 6.61 Å². The normalized spacial score (nSPS) is 9.81. The topological polar surface area (TPSA) is 81.7 Å². The van der Waals surface area contributed by atoms with Crippen LogP contribution in [-0.2, 0) is 19.1 Å². The summed E-state index contributed by atoms with van der Waals surface area (Å²) in [4.78, 5) is 34.6. The molecule has 114 valence electrons. The van der Waals surface area contributed by atoms with Crippen molar-refractivity contribution < 1.29 is 23.9 Å². The van der Waals surface area contributed by atoms with Crippen LogP contribution >= 0.6 is 0 Å². The molecule has 1 aromatic carbocycles. The van der Waals surface area contributed by atoms with Gasteiger partial charge >= 0.3 is 11.9 Å². The Labute approximate surface area is 123 Å². The zero-order valence-corrected chi connectivity index (χ0v) is 12.2. The lowest BCUT2D eigenvalue weighted by Gasteiger charge is -2.09. The summed E-state index contributed by atoms with van der Waals surface area (Å²) in [6, 6.07) is 6.44. The molecule has 6 heteroatoms. The van der Waals surface area contributed by atoms with Crippen molar-refractivity contribution in [1.82, 2.24) is 0 Å². The third-order valence-electron chi connectivity index (χ3n) is 2.71. The minimum atomic E-state index is -0.550. The molecular formula is C15H19NO5. The number of amides is 1. The molecule has 1 N–H and O–H groups in total. The fourth-order valence-electron chi connectivity index (χ4n) is 1.61. The lowest BCUT2D eigenvalue weighted by molar-refractivity contribution is -0.147. The second-order valence-corrected chi connectivity index (χ2v) is 4.35. The average molecular weight is 293 g/mol. The van der Waals surface area contributed by atoms with E-state index in [1.165, 1.54) is 13.2 Å². The van der Waals surface area contributed by atoms with Gasteiger partial charge in [0, 0.05) is 6.42 Å². The summed E-state index contributed by atoms with van der Waals surface area (Å²) in [7, 11) is 1.26. The maximum absolute atomic E-state index is 11.7. The van der Waals surface area contributed by atoms with Gasteiger partial charge in [-0.15, -0.1) is 0 Å². The van der Waals surface area contributed by atoms with Crippen molar-refractivity contribution in [2.75, 3.05) is 19.0 Å². The number of rotatable bonds is 7. The van der Waals surface area contributed by atoms with E-state index in [0.717, 1.165) is 12.8 Å². The van der Waals surface area contributed by atoms with Crippen LogP contribution in [0.3, 0.4) is 0 Å². The van der Waals surface area contributed by atoms with E-state index in [1.807, 2.05) is 6.92 Å². The van der Waals surface area contributed by atoms with E-state index in [0.29, 0.717) is 12.1 Å². The molecule has 6 nitrogen and oxygen atoms in total. The van der Waals surface area contributed by atoms with E-state index >= 15 is 0 Å². The highest BCUT2D eigenvalue weighted by Gasteiger charge is 2.14. The van der Waals surface area contributed by atoms with Crippen molar-refractivity contribution in [2.45, 2.75) is 26.2 Å². The number of anilines is 1. The van der Waals surface area contributed by atoms with E-state index < -0.39 is 17.8 Å². The highest BCUT2D eigenvalue weighted by Crippen LogP contribution is 2.15. The monoisotopic (exact) mass is 293 g/mol. The largest absolute Gasteiger partial charge is 0.465 e. The second-order valence-electron chi connectivity index (χ2n) is 4.35. The first-order chi connectivity index (χ1) is 10.1. The quantitative estimate of drug-likeness (QED) is 0.779. The van der Waals surface area contributed by atoms with Crippen LogP contribution < -0.4 is 5.32 Å². The third kappa shape index (κ3) is 5.64. The first-order valence-electron chi connectivity index (χ1n) is 6.71. The summed E-state index contributed by atoms with van der Waals surface area (Å²) in [5.41, 5.74) is 0.560. The van der Waals surface area contributed by atoms with E-state index in [9.17, 15) is 14.4 Å². The number of para-hydroxylation sites is 1. The van der Waals surface area contributed by atoms with E-state index in [4.69, 9.17) is 4.74 Å². The number of carbonyl (C=O) groups excluding carboxylic acids is 3. The third-order valence-corrected chi connectivity index (χ3v) is 2.71. The van der Waals surface area contributed by atoms with E-state index in [-0.39, 0.29) is 12.2 Å². The number of esters is 2. The SMILES string of the molecule is CCCCC(=O)OCC(=O)Nc1ccccc1C(=O)OC. The summed E-state index contributed by atoms with van der Waals surface area (Å²) >= 11 is 0. The van der Waals surface area contributed by atoms with Crippen molar-refractivity contribution in [1.29, 1.82) is 0 Å². The molecule has 1 aromatic rings. The Morgan fingerprint density at radius 3 is 2.57 bits per heavy atom. The number of hydrogen-bond donors (Lipinski definition) is 1. The number of benzene rings is 1. The minimum absolute atomic E-state index is 0.241. The highest BCUT2D eigenvalue weighted by atomic mass is 16.5. The predicted octanol–water partition coefficient (Wildman–Crippen LogP) is 2.15. The smallest absolute Gasteiger partial charge is 0.339 e. The van der Waals surface area contributed by atoms with E-state index in [1.54, 1.807) is 18.2 Å². The summed E-state index contributed by atoms with van der Waals surface area (Å²) in [5, 5.41) is 2.52. The van der Waals surface area contributed by atoms with Crippen LogP contribution in [0.4, 0.5) is 5.69 Å². The number of unbranched alkanes of at least 4 members (excludes halogenated alkanes) is 1. The summed E-state index contributed by atoms with van der Waals surface area (Å²) in [6.07, 6.45) is 1.90. The van der Waals surface area contributed by atoms with Gasteiger partial charge in [0.05, 0.1) is 18.4 Å². The molecule has 0 saturated carbocycles. The fraction of sp³-hybridized carbons (Fsp3) is 0.400. The van der Waals surface area contributed by atoms with Crippen molar-refractivity contribution in [3.63, 3.8) is 0 Å². The fourth-order valence-corrected chi connectivity index (χ4v) is 1.61. The molecule has 0 spiro atoms. The Bertz CT molecular complexity index is 513. The van der Waals surface area contributed by atoms with Crippen LogP contribution in [0.1, 0.15) is 36.5 Å². The first-order valence-corrected chi connectivity index (χ1v) is 6.71. The Morgan fingerprint density at radius 1 is 1.19 bits per heavy atom. The van der Waals surface area contributed by atoms with Gasteiger partial charge in [0.1, 0.15) is 0 Å².